The average Bonchev–Trinajstić information content (AvgIpc) is 2.38. The average molecular weight is 249 g/mol. The zero-order valence-electron chi connectivity index (χ0n) is 10.8. The summed E-state index contributed by atoms with van der Waals surface area (Å²) in [5, 5.41) is 8.99. The number of hydrogen-bond donors (Lipinski definition) is 1. The molecule has 1 fully saturated rings. The van der Waals surface area contributed by atoms with Crippen molar-refractivity contribution in [2.45, 2.75) is 19.9 Å². The molecule has 0 aliphatic carbocycles. The van der Waals surface area contributed by atoms with E-state index < -0.39 is 12.0 Å². The van der Waals surface area contributed by atoms with Crippen LogP contribution in [0.25, 0.3) is 0 Å². The van der Waals surface area contributed by atoms with Crippen LogP contribution in [0.5, 0.6) is 0 Å². The van der Waals surface area contributed by atoms with Gasteiger partial charge in [-0.1, -0.05) is 0 Å². The summed E-state index contributed by atoms with van der Waals surface area (Å²) in [6.45, 7) is 7.02. The molecule has 1 N–H and O–H groups in total. The molecule has 0 saturated carbocycles. The summed E-state index contributed by atoms with van der Waals surface area (Å²) in [6, 6.07) is 3.67. The Morgan fingerprint density at radius 1 is 1.39 bits per heavy atom. The van der Waals surface area contributed by atoms with Crippen molar-refractivity contribution in [1.29, 1.82) is 0 Å². The number of aliphatic carboxylic acids is 1. The zero-order valence-corrected chi connectivity index (χ0v) is 10.8. The molecule has 18 heavy (non-hydrogen) atoms. The summed E-state index contributed by atoms with van der Waals surface area (Å²) in [5.41, 5.74) is 2.18. The number of carbonyl (C=O) groups is 1. The molecule has 1 aromatic heterocycles. The number of nitrogens with zero attached hydrogens (tertiary/aromatic N) is 3. The highest BCUT2D eigenvalue weighted by Gasteiger charge is 2.25. The molecule has 5 heteroatoms. The van der Waals surface area contributed by atoms with Crippen molar-refractivity contribution >= 4 is 11.7 Å². The van der Waals surface area contributed by atoms with E-state index in [-0.39, 0.29) is 0 Å². The first-order valence-electron chi connectivity index (χ1n) is 6.22. The maximum Gasteiger partial charge on any atom is 0.320 e. The fourth-order valence-corrected chi connectivity index (χ4v) is 2.25. The molecule has 0 radical (unpaired) electrons. The van der Waals surface area contributed by atoms with Crippen molar-refractivity contribution in [2.24, 2.45) is 0 Å². The summed E-state index contributed by atoms with van der Waals surface area (Å²) < 4.78 is 0. The maximum absolute atomic E-state index is 10.9. The number of carboxylic acid groups (broad SMARTS) is 1. The Morgan fingerprint density at radius 3 is 2.61 bits per heavy atom. The monoisotopic (exact) mass is 249 g/mol. The van der Waals surface area contributed by atoms with Gasteiger partial charge in [0.1, 0.15) is 6.04 Å². The summed E-state index contributed by atoms with van der Waals surface area (Å²) in [6.07, 6.45) is 1.82. The summed E-state index contributed by atoms with van der Waals surface area (Å²) in [4.78, 5) is 19.4. The SMILES string of the molecule is Cc1cc(N2CCN(C(C)C(=O)O)CC2)ccn1. The maximum atomic E-state index is 10.9. The second kappa shape index (κ2) is 5.35. The smallest absolute Gasteiger partial charge is 0.320 e. The molecule has 98 valence electrons. The van der Waals surface area contributed by atoms with Gasteiger partial charge in [-0.05, 0) is 26.0 Å². The van der Waals surface area contributed by atoms with Gasteiger partial charge < -0.3 is 10.0 Å². The third-order valence-corrected chi connectivity index (χ3v) is 3.46. The van der Waals surface area contributed by atoms with Crippen LogP contribution in [0.1, 0.15) is 12.6 Å². The first kappa shape index (κ1) is 12.8. The highest BCUT2D eigenvalue weighted by Crippen LogP contribution is 2.17. The largest absolute Gasteiger partial charge is 0.480 e. The van der Waals surface area contributed by atoms with Crippen LogP contribution in [0, 0.1) is 6.92 Å². The third kappa shape index (κ3) is 2.79. The van der Waals surface area contributed by atoms with Crippen molar-refractivity contribution in [1.82, 2.24) is 9.88 Å². The van der Waals surface area contributed by atoms with Crippen molar-refractivity contribution in [3.05, 3.63) is 24.0 Å². The molecule has 0 aromatic carbocycles. The molecule has 2 heterocycles. The molecule has 5 nitrogen and oxygen atoms in total. The van der Waals surface area contributed by atoms with Gasteiger partial charge in [0, 0.05) is 43.8 Å². The van der Waals surface area contributed by atoms with Crippen molar-refractivity contribution in [3.8, 4) is 0 Å². The Morgan fingerprint density at radius 2 is 2.06 bits per heavy atom. The van der Waals surface area contributed by atoms with Gasteiger partial charge in [0.25, 0.3) is 0 Å². The molecule has 1 aliphatic heterocycles. The summed E-state index contributed by atoms with van der Waals surface area (Å²) >= 11 is 0. The fraction of sp³-hybridized carbons (Fsp3) is 0.538. The van der Waals surface area contributed by atoms with E-state index in [2.05, 4.69) is 16.0 Å². The number of pyridine rings is 1. The van der Waals surface area contributed by atoms with Gasteiger partial charge in [-0.15, -0.1) is 0 Å². The fourth-order valence-electron chi connectivity index (χ4n) is 2.25. The standard InChI is InChI=1S/C13H19N3O2/c1-10-9-12(3-4-14-10)16-7-5-15(6-8-16)11(2)13(17)18/h3-4,9,11H,5-8H2,1-2H3,(H,17,18). The minimum absolute atomic E-state index is 0.397. The first-order valence-corrected chi connectivity index (χ1v) is 6.22. The molecule has 2 rings (SSSR count). The van der Waals surface area contributed by atoms with E-state index in [4.69, 9.17) is 5.11 Å². The topological polar surface area (TPSA) is 56.7 Å². The highest BCUT2D eigenvalue weighted by molar-refractivity contribution is 5.72. The van der Waals surface area contributed by atoms with Crippen LogP contribution in [-0.4, -0.2) is 53.2 Å². The summed E-state index contributed by atoms with van der Waals surface area (Å²) in [5.74, 6) is -0.747. The van der Waals surface area contributed by atoms with Gasteiger partial charge in [-0.3, -0.25) is 14.7 Å². The second-order valence-electron chi connectivity index (χ2n) is 4.69. The number of piperazine rings is 1. The first-order chi connectivity index (χ1) is 8.58. The number of aromatic nitrogens is 1. The Balaban J connectivity index is 1.96. The molecule has 0 bridgehead atoms. The van der Waals surface area contributed by atoms with Crippen molar-refractivity contribution < 1.29 is 9.90 Å². The van der Waals surface area contributed by atoms with Gasteiger partial charge in [-0.2, -0.15) is 0 Å². The Hall–Kier alpha value is -1.62. The van der Waals surface area contributed by atoms with Gasteiger partial charge >= 0.3 is 5.97 Å². The molecular weight excluding hydrogens is 230 g/mol. The Labute approximate surface area is 107 Å². The number of anilines is 1. The number of hydrogen-bond acceptors (Lipinski definition) is 4. The predicted molar refractivity (Wildman–Crippen MR) is 69.9 cm³/mol. The number of rotatable bonds is 3. The predicted octanol–water partition coefficient (Wildman–Crippen LogP) is 0.985. The van der Waals surface area contributed by atoms with Gasteiger partial charge in [0.2, 0.25) is 0 Å². The van der Waals surface area contributed by atoms with Gasteiger partial charge in [-0.25, -0.2) is 0 Å². The van der Waals surface area contributed by atoms with Crippen LogP contribution < -0.4 is 4.90 Å². The number of carboxylic acids is 1. The van der Waals surface area contributed by atoms with E-state index in [0.29, 0.717) is 0 Å². The number of aryl methyl sites for hydroxylation is 1. The second-order valence-corrected chi connectivity index (χ2v) is 4.69. The minimum atomic E-state index is -0.747. The molecule has 1 unspecified atom stereocenters. The van der Waals surface area contributed by atoms with Crippen molar-refractivity contribution in [2.75, 3.05) is 31.1 Å². The molecule has 1 aliphatic rings. The van der Waals surface area contributed by atoms with Crippen LogP contribution >= 0.6 is 0 Å². The molecular formula is C13H19N3O2. The highest BCUT2D eigenvalue weighted by atomic mass is 16.4. The molecule has 1 saturated heterocycles. The zero-order chi connectivity index (χ0) is 13.1. The van der Waals surface area contributed by atoms with Crippen LogP contribution in [0.15, 0.2) is 18.3 Å². The Bertz CT molecular complexity index is 428. The van der Waals surface area contributed by atoms with E-state index >= 15 is 0 Å². The lowest BCUT2D eigenvalue weighted by Gasteiger charge is -2.37. The van der Waals surface area contributed by atoms with Crippen LogP contribution in [0.2, 0.25) is 0 Å². The molecule has 1 aromatic rings. The normalized spacial score (nSPS) is 18.7. The van der Waals surface area contributed by atoms with Crippen molar-refractivity contribution in [3.63, 3.8) is 0 Å². The summed E-state index contributed by atoms with van der Waals surface area (Å²) in [7, 11) is 0. The van der Waals surface area contributed by atoms with Gasteiger partial charge in [0.05, 0.1) is 0 Å². The lowest BCUT2D eigenvalue weighted by molar-refractivity contribution is -0.142. The van der Waals surface area contributed by atoms with Crippen LogP contribution in [0.4, 0.5) is 5.69 Å². The van der Waals surface area contributed by atoms with Gasteiger partial charge in [0.15, 0.2) is 0 Å². The quantitative estimate of drug-likeness (QED) is 0.865. The molecule has 1 atom stereocenters. The third-order valence-electron chi connectivity index (χ3n) is 3.46. The lowest BCUT2D eigenvalue weighted by Crippen LogP contribution is -2.51. The van der Waals surface area contributed by atoms with E-state index in [1.807, 2.05) is 24.1 Å². The lowest BCUT2D eigenvalue weighted by atomic mass is 10.2. The van der Waals surface area contributed by atoms with E-state index in [0.717, 1.165) is 31.9 Å². The Kier molecular flexibility index (Phi) is 3.81. The van der Waals surface area contributed by atoms with E-state index in [1.165, 1.54) is 5.69 Å². The molecule has 0 amide bonds. The van der Waals surface area contributed by atoms with Crippen LogP contribution in [0.3, 0.4) is 0 Å². The molecule has 0 spiro atoms. The van der Waals surface area contributed by atoms with Crippen LogP contribution in [-0.2, 0) is 4.79 Å². The van der Waals surface area contributed by atoms with E-state index in [1.54, 1.807) is 6.92 Å². The van der Waals surface area contributed by atoms with E-state index in [9.17, 15) is 4.79 Å². The minimum Gasteiger partial charge on any atom is -0.480 e.